The van der Waals surface area contributed by atoms with E-state index in [-0.39, 0.29) is 0 Å². The summed E-state index contributed by atoms with van der Waals surface area (Å²) in [7, 11) is 3.88. The Bertz CT molecular complexity index is 576. The molecule has 0 unspecified atom stereocenters. The molecule has 1 heterocycles. The Labute approximate surface area is 232 Å². The monoisotopic (exact) mass is 724 g/mol. The maximum atomic E-state index is 6.37. The Kier molecular flexibility index (Phi) is 18.5. The molecule has 0 atom stereocenters. The first-order valence-corrected chi connectivity index (χ1v) is 31.0. The van der Waals surface area contributed by atoms with Gasteiger partial charge in [-0.25, -0.2) is 0 Å². The van der Waals surface area contributed by atoms with Gasteiger partial charge in [0.25, 0.3) is 0 Å². The van der Waals surface area contributed by atoms with Gasteiger partial charge < -0.3 is 0 Å². The molecule has 0 aromatic carbocycles. The quantitative estimate of drug-likeness (QED) is 0.111. The normalized spacial score (nSPS) is 12.3. The van der Waals surface area contributed by atoms with E-state index in [4.69, 9.17) is 9.47 Å². The number of unbranched alkanes of at least 4 members (excludes halogenated alkanes) is 6. The van der Waals surface area contributed by atoms with Gasteiger partial charge in [0, 0.05) is 0 Å². The molecule has 2 nitrogen and oxygen atoms in total. The molecule has 0 aliphatic carbocycles. The predicted octanol–water partition coefficient (Wildman–Crippen LogP) is 9.88. The topological polar surface area (TPSA) is 18.5 Å². The van der Waals surface area contributed by atoms with Crippen LogP contribution >= 0.6 is 11.3 Å². The molecule has 0 bridgehead atoms. The third-order valence-corrected chi connectivity index (χ3v) is 45.8. The number of hydrogen-bond acceptors (Lipinski definition) is 3. The fourth-order valence-electron chi connectivity index (χ4n) is 5.99. The molecular formula is C30H60O2SSn2. The molecule has 0 spiro atoms. The molecule has 0 saturated heterocycles. The van der Waals surface area contributed by atoms with E-state index in [9.17, 15) is 0 Å². The Balaban J connectivity index is 3.85. The van der Waals surface area contributed by atoms with Crippen molar-refractivity contribution in [1.82, 2.24) is 0 Å². The molecule has 0 saturated carbocycles. The van der Waals surface area contributed by atoms with Crippen LogP contribution in [0.25, 0.3) is 0 Å². The Morgan fingerprint density at radius 1 is 0.457 bits per heavy atom. The number of methoxy groups -OCH3 is 2. The third kappa shape index (κ3) is 9.55. The number of thiophene rings is 1. The molecule has 5 heteroatoms. The minimum absolute atomic E-state index is 1.22. The minimum atomic E-state index is -2.63. The van der Waals surface area contributed by atoms with Crippen LogP contribution in [0.15, 0.2) is 0 Å². The molecule has 0 fully saturated rings. The summed E-state index contributed by atoms with van der Waals surface area (Å²) in [5, 5.41) is 0. The zero-order valence-electron chi connectivity index (χ0n) is 25.0. The molecule has 0 aliphatic rings. The van der Waals surface area contributed by atoms with Crippen LogP contribution in [0.3, 0.4) is 0 Å². The van der Waals surface area contributed by atoms with Crippen molar-refractivity contribution in [2.24, 2.45) is 0 Å². The van der Waals surface area contributed by atoms with Crippen LogP contribution in [0.2, 0.25) is 26.6 Å². The van der Waals surface area contributed by atoms with E-state index < -0.39 is 36.8 Å². The zero-order chi connectivity index (χ0) is 26.2. The second-order valence-corrected chi connectivity index (χ2v) is 40.1. The molecule has 0 amide bonds. The van der Waals surface area contributed by atoms with Crippen LogP contribution in [0.1, 0.15) is 119 Å². The van der Waals surface area contributed by atoms with Gasteiger partial charge in [0.15, 0.2) is 0 Å². The molecule has 0 N–H and O–H groups in total. The number of rotatable bonds is 22. The van der Waals surface area contributed by atoms with Crippen LogP contribution in [0.5, 0.6) is 11.5 Å². The predicted molar refractivity (Wildman–Crippen MR) is 166 cm³/mol. The van der Waals surface area contributed by atoms with Crippen molar-refractivity contribution in [2.45, 2.75) is 145 Å². The van der Waals surface area contributed by atoms with Crippen LogP contribution in [-0.2, 0) is 0 Å². The second-order valence-electron chi connectivity index (χ2n) is 11.0. The van der Waals surface area contributed by atoms with E-state index in [2.05, 4.69) is 52.9 Å². The van der Waals surface area contributed by atoms with Crippen molar-refractivity contribution >= 4 is 53.9 Å². The van der Waals surface area contributed by atoms with Crippen molar-refractivity contribution in [1.29, 1.82) is 0 Å². The van der Waals surface area contributed by atoms with Gasteiger partial charge in [0.1, 0.15) is 0 Å². The summed E-state index contributed by atoms with van der Waals surface area (Å²) in [5.74, 6) is 2.44. The van der Waals surface area contributed by atoms with Crippen molar-refractivity contribution < 1.29 is 9.47 Å². The first-order chi connectivity index (χ1) is 17.0. The van der Waals surface area contributed by atoms with Gasteiger partial charge in [0.05, 0.1) is 0 Å². The molecule has 206 valence electrons. The molecule has 35 heavy (non-hydrogen) atoms. The molecular weight excluding hydrogens is 662 g/mol. The second kappa shape index (κ2) is 19.0. The molecule has 1 rings (SSSR count). The summed E-state index contributed by atoms with van der Waals surface area (Å²) in [6.07, 6.45) is 16.3. The van der Waals surface area contributed by atoms with Gasteiger partial charge >= 0.3 is 234 Å². The summed E-state index contributed by atoms with van der Waals surface area (Å²) in [6.45, 7) is 14.3. The van der Waals surface area contributed by atoms with E-state index in [0.29, 0.717) is 0 Å². The summed E-state index contributed by atoms with van der Waals surface area (Å²) >= 11 is -2.97. The van der Waals surface area contributed by atoms with Crippen molar-refractivity contribution in [3.05, 3.63) is 0 Å². The summed E-state index contributed by atoms with van der Waals surface area (Å²) in [5.41, 5.74) is 0. The molecule has 0 radical (unpaired) electrons. The Hall–Kier alpha value is 0.897. The average Bonchev–Trinajstić information content (AvgIpc) is 3.28. The van der Waals surface area contributed by atoms with Crippen LogP contribution in [0, 0.1) is 0 Å². The van der Waals surface area contributed by atoms with Gasteiger partial charge in [0.2, 0.25) is 0 Å². The molecule has 0 aliphatic heterocycles. The standard InChI is InChI=1S/C6H6O2S.6C4H9.2Sn/c1-7-5-3-9-4-6(5)8-2;6*1-3-4-2;;/h1-2H3;6*1,3-4H2,2H3;;. The van der Waals surface area contributed by atoms with Crippen LogP contribution in [-0.4, -0.2) is 51.0 Å². The average molecular weight is 722 g/mol. The van der Waals surface area contributed by atoms with Gasteiger partial charge in [-0.3, -0.25) is 0 Å². The SMILES string of the molecule is CCC[CH2][Sn]([CH2]CCC)([CH2]CCC)[c]1s[c]([Sn]([CH2]CCC)([CH2]CCC)[CH2]CCC)c(OC)c1OC. The fraction of sp³-hybridized carbons (Fsp3) is 0.867. The molecule has 1 aromatic heterocycles. The van der Waals surface area contributed by atoms with Crippen LogP contribution in [0.4, 0.5) is 0 Å². The van der Waals surface area contributed by atoms with Gasteiger partial charge in [-0.2, -0.15) is 0 Å². The Morgan fingerprint density at radius 2 is 0.686 bits per heavy atom. The molecule has 1 aromatic rings. The summed E-state index contributed by atoms with van der Waals surface area (Å²) in [4.78, 5) is 0. The zero-order valence-corrected chi connectivity index (χ0v) is 31.5. The first kappa shape index (κ1) is 33.9. The van der Waals surface area contributed by atoms with Gasteiger partial charge in [-0.1, -0.05) is 0 Å². The summed E-state index contributed by atoms with van der Waals surface area (Å²) < 4.78 is 25.3. The fourth-order valence-corrected chi connectivity index (χ4v) is 49.0. The Morgan fingerprint density at radius 3 is 0.857 bits per heavy atom. The maximum absolute atomic E-state index is 6.37. The van der Waals surface area contributed by atoms with Crippen molar-refractivity contribution in [3.8, 4) is 11.5 Å². The van der Waals surface area contributed by atoms with Crippen molar-refractivity contribution in [3.63, 3.8) is 0 Å². The third-order valence-electron chi connectivity index (χ3n) is 8.25. The number of ether oxygens (including phenoxy) is 2. The van der Waals surface area contributed by atoms with Crippen LogP contribution < -0.4 is 15.3 Å². The van der Waals surface area contributed by atoms with Gasteiger partial charge in [-0.05, 0) is 0 Å². The first-order valence-electron chi connectivity index (χ1n) is 15.2. The van der Waals surface area contributed by atoms with E-state index in [1.165, 1.54) is 115 Å². The summed E-state index contributed by atoms with van der Waals surface area (Å²) in [6, 6.07) is 0. The van der Waals surface area contributed by atoms with E-state index >= 15 is 0 Å². The number of hydrogen-bond donors (Lipinski definition) is 0. The van der Waals surface area contributed by atoms with E-state index in [1.54, 1.807) is 5.79 Å². The van der Waals surface area contributed by atoms with Crippen molar-refractivity contribution in [2.75, 3.05) is 14.2 Å². The van der Waals surface area contributed by atoms with Gasteiger partial charge in [-0.15, -0.1) is 0 Å². The van der Waals surface area contributed by atoms with E-state index in [0.717, 1.165) is 0 Å². The van der Waals surface area contributed by atoms with E-state index in [1.807, 2.05) is 14.2 Å².